The van der Waals surface area contributed by atoms with Crippen LogP contribution in [0, 0.1) is 3.57 Å². The molecule has 1 N–H and O–H groups in total. The van der Waals surface area contributed by atoms with Crippen LogP contribution >= 0.6 is 22.6 Å². The van der Waals surface area contributed by atoms with E-state index in [2.05, 4.69) is 9.97 Å². The molecule has 0 spiro atoms. The fourth-order valence-corrected chi connectivity index (χ4v) is 4.71. The summed E-state index contributed by atoms with van der Waals surface area (Å²) in [6.07, 6.45) is 0.545. The number of hydrogen-bond donors (Lipinski definition) is 1. The van der Waals surface area contributed by atoms with Gasteiger partial charge in [-0.15, -0.1) is 0 Å². The summed E-state index contributed by atoms with van der Waals surface area (Å²) in [5, 5.41) is 0. The third kappa shape index (κ3) is 2.76. The van der Waals surface area contributed by atoms with Gasteiger partial charge in [-0.05, 0) is 34.9 Å². The van der Waals surface area contributed by atoms with Crippen molar-refractivity contribution in [1.82, 2.24) is 9.97 Å². The first kappa shape index (κ1) is 14.0. The van der Waals surface area contributed by atoms with Gasteiger partial charge in [-0.1, -0.05) is 13.8 Å². The molecule has 0 amide bonds. The maximum absolute atomic E-state index is 11.8. The largest absolute Gasteiger partial charge is 0.309 e. The average molecular weight is 382 g/mol. The van der Waals surface area contributed by atoms with Crippen molar-refractivity contribution in [2.45, 2.75) is 32.1 Å². The van der Waals surface area contributed by atoms with Gasteiger partial charge in [-0.3, -0.25) is 4.79 Å². The summed E-state index contributed by atoms with van der Waals surface area (Å²) in [6.45, 7) is 3.94. The van der Waals surface area contributed by atoms with Gasteiger partial charge in [-0.2, -0.15) is 0 Å². The summed E-state index contributed by atoms with van der Waals surface area (Å²) in [7, 11) is -2.96. The van der Waals surface area contributed by atoms with Crippen LogP contribution in [0.15, 0.2) is 4.79 Å². The van der Waals surface area contributed by atoms with E-state index in [-0.39, 0.29) is 28.9 Å². The van der Waals surface area contributed by atoms with E-state index in [4.69, 9.17) is 0 Å². The van der Waals surface area contributed by atoms with Crippen LogP contribution in [0.25, 0.3) is 0 Å². The number of rotatable bonds is 2. The quantitative estimate of drug-likeness (QED) is 0.785. The molecule has 1 fully saturated rings. The van der Waals surface area contributed by atoms with Crippen molar-refractivity contribution in [2.75, 3.05) is 11.5 Å². The minimum absolute atomic E-state index is 0.0913. The Morgan fingerprint density at radius 2 is 2.11 bits per heavy atom. The lowest BCUT2D eigenvalue weighted by Crippen LogP contribution is -2.21. The molecule has 0 bridgehead atoms. The fraction of sp³-hybridized carbons (Fsp3) is 0.636. The highest BCUT2D eigenvalue weighted by Crippen LogP contribution is 2.27. The van der Waals surface area contributed by atoms with E-state index in [1.54, 1.807) is 0 Å². The van der Waals surface area contributed by atoms with Crippen LogP contribution in [0.5, 0.6) is 0 Å². The number of nitrogens with zero attached hydrogens (tertiary/aromatic N) is 1. The van der Waals surface area contributed by atoms with E-state index in [1.165, 1.54) is 0 Å². The van der Waals surface area contributed by atoms with Crippen LogP contribution in [0.3, 0.4) is 0 Å². The summed E-state index contributed by atoms with van der Waals surface area (Å²) in [5.41, 5.74) is 0.576. The van der Waals surface area contributed by atoms with E-state index in [1.807, 2.05) is 36.4 Å². The third-order valence-corrected chi connectivity index (χ3v) is 5.88. The molecule has 0 radical (unpaired) electrons. The van der Waals surface area contributed by atoms with E-state index in [9.17, 15) is 13.2 Å². The second kappa shape index (κ2) is 4.92. The molecule has 1 aromatic rings. The molecule has 0 aliphatic carbocycles. The summed E-state index contributed by atoms with van der Waals surface area (Å²) < 4.78 is 23.5. The summed E-state index contributed by atoms with van der Waals surface area (Å²) in [4.78, 5) is 19.0. The standard InChI is InChI=1S/C11H15IN2O3S/c1-6(2)9-8(12)11(15)14-10(13-9)7-3-4-18(16,17)5-7/h6-7H,3-5H2,1-2H3,(H,13,14,15). The number of halogens is 1. The van der Waals surface area contributed by atoms with E-state index in [0.29, 0.717) is 15.8 Å². The summed E-state index contributed by atoms with van der Waals surface area (Å²) >= 11 is 1.98. The van der Waals surface area contributed by atoms with Crippen molar-refractivity contribution in [3.8, 4) is 0 Å². The van der Waals surface area contributed by atoms with Crippen molar-refractivity contribution in [3.63, 3.8) is 0 Å². The van der Waals surface area contributed by atoms with E-state index < -0.39 is 9.84 Å². The van der Waals surface area contributed by atoms with Gasteiger partial charge in [0.25, 0.3) is 5.56 Å². The summed E-state index contributed by atoms with van der Waals surface area (Å²) in [6, 6.07) is 0. The first-order valence-corrected chi connectivity index (χ1v) is 8.70. The lowest BCUT2D eigenvalue weighted by atomic mass is 10.1. The molecule has 7 heteroatoms. The maximum atomic E-state index is 11.8. The molecule has 0 saturated carbocycles. The van der Waals surface area contributed by atoms with Crippen LogP contribution < -0.4 is 5.56 Å². The molecule has 1 aliphatic heterocycles. The third-order valence-electron chi connectivity index (χ3n) is 3.07. The average Bonchev–Trinajstić information content (AvgIpc) is 2.62. The van der Waals surface area contributed by atoms with Gasteiger partial charge in [0.2, 0.25) is 0 Å². The zero-order valence-corrected chi connectivity index (χ0v) is 13.2. The zero-order valence-electron chi connectivity index (χ0n) is 10.2. The lowest BCUT2D eigenvalue weighted by Gasteiger charge is -2.12. The molecular weight excluding hydrogens is 367 g/mol. The molecule has 0 aromatic carbocycles. The Hall–Kier alpha value is -0.440. The highest BCUT2D eigenvalue weighted by atomic mass is 127. The maximum Gasteiger partial charge on any atom is 0.264 e. The molecule has 100 valence electrons. The molecule has 2 rings (SSSR count). The Bertz CT molecular complexity index is 622. The molecule has 1 unspecified atom stereocenters. The number of sulfone groups is 1. The predicted octanol–water partition coefficient (Wildman–Crippen LogP) is 1.40. The second-order valence-corrected chi connectivity index (χ2v) is 8.21. The zero-order chi connectivity index (χ0) is 13.5. The fourth-order valence-electron chi connectivity index (χ4n) is 2.08. The van der Waals surface area contributed by atoms with Crippen molar-refractivity contribution < 1.29 is 8.42 Å². The normalized spacial score (nSPS) is 22.6. The molecular formula is C11H15IN2O3S. The first-order chi connectivity index (χ1) is 8.30. The predicted molar refractivity (Wildman–Crippen MR) is 77.7 cm³/mol. The molecule has 1 atom stereocenters. The first-order valence-electron chi connectivity index (χ1n) is 5.80. The molecule has 1 aliphatic rings. The highest BCUT2D eigenvalue weighted by Gasteiger charge is 2.31. The minimum atomic E-state index is -2.96. The van der Waals surface area contributed by atoms with Gasteiger partial charge < -0.3 is 4.98 Å². The number of nitrogens with one attached hydrogen (secondary N) is 1. The monoisotopic (exact) mass is 382 g/mol. The van der Waals surface area contributed by atoms with Crippen LogP contribution in [0.4, 0.5) is 0 Å². The van der Waals surface area contributed by atoms with Gasteiger partial charge in [0.15, 0.2) is 9.84 Å². The Labute approximate surface area is 119 Å². The van der Waals surface area contributed by atoms with Crippen molar-refractivity contribution in [1.29, 1.82) is 0 Å². The molecule has 1 saturated heterocycles. The SMILES string of the molecule is CC(C)c1nc(C2CCS(=O)(=O)C2)[nH]c(=O)c1I. The van der Waals surface area contributed by atoms with Crippen molar-refractivity contribution >= 4 is 32.4 Å². The molecule has 18 heavy (non-hydrogen) atoms. The van der Waals surface area contributed by atoms with Gasteiger partial charge in [0, 0.05) is 5.92 Å². The Kier molecular flexibility index (Phi) is 3.82. The van der Waals surface area contributed by atoms with Crippen molar-refractivity contribution in [3.05, 3.63) is 25.4 Å². The minimum Gasteiger partial charge on any atom is -0.309 e. The number of aromatic nitrogens is 2. The highest BCUT2D eigenvalue weighted by molar-refractivity contribution is 14.1. The van der Waals surface area contributed by atoms with Gasteiger partial charge in [-0.25, -0.2) is 13.4 Å². The number of H-pyrrole nitrogens is 1. The van der Waals surface area contributed by atoms with E-state index >= 15 is 0 Å². The molecule has 1 aromatic heterocycles. The van der Waals surface area contributed by atoms with Crippen LogP contribution in [0.2, 0.25) is 0 Å². The smallest absolute Gasteiger partial charge is 0.264 e. The lowest BCUT2D eigenvalue weighted by molar-refractivity contribution is 0.600. The van der Waals surface area contributed by atoms with E-state index in [0.717, 1.165) is 5.69 Å². The van der Waals surface area contributed by atoms with Crippen molar-refractivity contribution in [2.24, 2.45) is 0 Å². The topological polar surface area (TPSA) is 79.9 Å². The Morgan fingerprint density at radius 1 is 1.44 bits per heavy atom. The molecule has 5 nitrogen and oxygen atoms in total. The van der Waals surface area contributed by atoms with Crippen LogP contribution in [0.1, 0.15) is 43.6 Å². The number of aromatic amines is 1. The van der Waals surface area contributed by atoms with Gasteiger partial charge in [0.1, 0.15) is 5.82 Å². The Morgan fingerprint density at radius 3 is 2.61 bits per heavy atom. The number of hydrogen-bond acceptors (Lipinski definition) is 4. The summed E-state index contributed by atoms with van der Waals surface area (Å²) in [5.74, 6) is 0.775. The second-order valence-electron chi connectivity index (χ2n) is 4.91. The van der Waals surface area contributed by atoms with Gasteiger partial charge in [0.05, 0.1) is 20.8 Å². The Balaban J connectivity index is 2.44. The van der Waals surface area contributed by atoms with Crippen LogP contribution in [-0.4, -0.2) is 29.9 Å². The van der Waals surface area contributed by atoms with Gasteiger partial charge >= 0.3 is 0 Å². The molecule has 2 heterocycles. The van der Waals surface area contributed by atoms with Crippen LogP contribution in [-0.2, 0) is 9.84 Å².